The van der Waals surface area contributed by atoms with Crippen molar-refractivity contribution in [2.45, 2.75) is 249 Å². The average molecular weight is 1790 g/mol. The van der Waals surface area contributed by atoms with E-state index in [4.69, 9.17) is 89.3 Å². The lowest BCUT2D eigenvalue weighted by Gasteiger charge is -2.25. The zero-order chi connectivity index (χ0) is 95.1. The first-order valence-electron chi connectivity index (χ1n) is 37.4. The molecule has 0 aromatic heterocycles. The summed E-state index contributed by atoms with van der Waals surface area (Å²) in [6, 6.07) is 0. The smallest absolute Gasteiger partial charge is 0.339 e. The van der Waals surface area contributed by atoms with Gasteiger partial charge in [-0.25, -0.2) is 28.8 Å². The van der Waals surface area contributed by atoms with Crippen LogP contribution in [0.25, 0.3) is 0 Å². The number of carbonyl (C=O) groups excluding carboxylic acids is 9. The molecular formula is C76H138O46. The first-order chi connectivity index (χ1) is 54.0. The molecule has 0 aromatic carbocycles. The highest BCUT2D eigenvalue weighted by Gasteiger charge is 2.47. The molecule has 0 rings (SSSR count). The van der Waals surface area contributed by atoms with E-state index in [9.17, 15) is 112 Å². The van der Waals surface area contributed by atoms with E-state index >= 15 is 0 Å². The third kappa shape index (κ3) is 73.9. The van der Waals surface area contributed by atoms with Gasteiger partial charge in [0, 0.05) is 8.03 Å². The molecule has 0 aliphatic heterocycles. The maximum Gasteiger partial charge on any atom is 0.339 e. The van der Waals surface area contributed by atoms with Crippen LogP contribution < -0.4 is 0 Å². The Kier molecular flexibility index (Phi) is 73.5. The molecule has 0 spiro atoms. The van der Waals surface area contributed by atoms with Crippen LogP contribution in [-0.4, -0.2) is 305 Å². The van der Waals surface area contributed by atoms with Crippen LogP contribution >= 0.6 is 0 Å². The SMILES string of the molecule is CC(C)CO.CC(C)COC(=O)C(O)(CC(=O)O)CC(=O)O.CC(C)COC(=O)CC(O)(CC(=O)O)C(=O)O.CC(C)COC(=O)CC(O)(CC(=O)O)C(=O)OCC(C)C.CC(C)COC(=O)CC(O)(CC(=O)OCC(C)C)C(=O)O.CC(C)COC(=O)CC(O)(CC(=O)OCC(C)C)C(=O)OCC(C)C.O.O.O.O=C(O)CC(O)(CC(=O)O)C(=O)O.[2HH]. The number of carbonyl (C=O) groups is 18. The summed E-state index contributed by atoms with van der Waals surface area (Å²) in [5, 5.41) is 144. The second kappa shape index (κ2) is 67.6. The van der Waals surface area contributed by atoms with Crippen LogP contribution in [-0.2, 0) is 129 Å². The van der Waals surface area contributed by atoms with E-state index < -0.39 is 218 Å². The normalized spacial score (nSPS) is 11.9. The number of hydrogen-bond acceptors (Lipinski definition) is 34. The number of esters is 9. The van der Waals surface area contributed by atoms with Crippen molar-refractivity contribution in [1.82, 2.24) is 0 Å². The van der Waals surface area contributed by atoms with Gasteiger partial charge in [0.15, 0.2) is 33.6 Å². The molecule has 0 radical (unpaired) electrons. The Morgan fingerprint density at radius 1 is 0.205 bits per heavy atom. The largest absolute Gasteiger partial charge is 0.481 e. The van der Waals surface area contributed by atoms with Crippen LogP contribution in [0.4, 0.5) is 0 Å². The Morgan fingerprint density at radius 3 is 0.443 bits per heavy atom. The van der Waals surface area contributed by atoms with Crippen LogP contribution in [0.2, 0.25) is 0 Å². The van der Waals surface area contributed by atoms with Crippen molar-refractivity contribution in [3.63, 3.8) is 0 Å². The van der Waals surface area contributed by atoms with Crippen molar-refractivity contribution >= 4 is 107 Å². The fourth-order valence-corrected chi connectivity index (χ4v) is 7.19. The summed E-state index contributed by atoms with van der Waals surface area (Å²) in [6.45, 7) is 37.8. The Morgan fingerprint density at radius 2 is 0.311 bits per heavy atom. The van der Waals surface area contributed by atoms with E-state index in [1.807, 2.05) is 96.9 Å². The van der Waals surface area contributed by atoms with Gasteiger partial charge < -0.3 is 141 Å². The lowest BCUT2D eigenvalue weighted by atomic mass is 9.95. The highest BCUT2D eigenvalue weighted by molar-refractivity contribution is 5.93. The van der Waals surface area contributed by atoms with Gasteiger partial charge in [-0.3, -0.25) is 57.5 Å². The number of hydrogen-bond donors (Lipinski definition) is 16. The Bertz CT molecular complexity index is 3090. The number of aliphatic carboxylic acids is 9. The van der Waals surface area contributed by atoms with Gasteiger partial charge >= 0.3 is 107 Å². The highest BCUT2D eigenvalue weighted by Crippen LogP contribution is 2.25. The van der Waals surface area contributed by atoms with Gasteiger partial charge in [-0.15, -0.1) is 0 Å². The molecule has 0 aromatic rings. The lowest BCUT2D eigenvalue weighted by Crippen LogP contribution is -2.45. The molecular weight excluding hydrogens is 1650 g/mol. The summed E-state index contributed by atoms with van der Waals surface area (Å²) >= 11 is 0. The molecule has 0 fully saturated rings. The van der Waals surface area contributed by atoms with Crippen LogP contribution in [0.3, 0.4) is 0 Å². The van der Waals surface area contributed by atoms with E-state index in [1.165, 1.54) is 0 Å². The summed E-state index contributed by atoms with van der Waals surface area (Å²) in [4.78, 5) is 200. The maximum atomic E-state index is 12.2. The minimum absolute atomic E-state index is 0. The predicted molar refractivity (Wildman–Crippen MR) is 421 cm³/mol. The summed E-state index contributed by atoms with van der Waals surface area (Å²) in [7, 11) is 0. The molecule has 0 saturated carbocycles. The average Bonchev–Trinajstić information content (AvgIpc) is 0.843. The molecule has 46 nitrogen and oxygen atoms in total. The predicted octanol–water partition coefficient (Wildman–Crippen LogP) is 0.947. The first-order valence-corrected chi connectivity index (χ1v) is 37.4. The maximum absolute atomic E-state index is 12.2. The molecule has 2 unspecified atom stereocenters. The van der Waals surface area contributed by atoms with E-state index in [0.29, 0.717) is 12.5 Å². The Balaban J connectivity index is -0.000000135. The van der Waals surface area contributed by atoms with Crippen LogP contribution in [0.5, 0.6) is 0 Å². The zero-order valence-electron chi connectivity index (χ0n) is 73.0. The van der Waals surface area contributed by atoms with E-state index in [0.717, 1.165) is 0 Å². The van der Waals surface area contributed by atoms with Crippen molar-refractivity contribution in [3.8, 4) is 0 Å². The van der Waals surface area contributed by atoms with Gasteiger partial charge in [0.05, 0.1) is 137 Å². The lowest BCUT2D eigenvalue weighted by molar-refractivity contribution is -0.179. The van der Waals surface area contributed by atoms with Crippen molar-refractivity contribution in [3.05, 3.63) is 0 Å². The molecule has 122 heavy (non-hydrogen) atoms. The van der Waals surface area contributed by atoms with E-state index in [-0.39, 0.29) is 131 Å². The third-order valence-corrected chi connectivity index (χ3v) is 13.1. The monoisotopic (exact) mass is 1790 g/mol. The van der Waals surface area contributed by atoms with Crippen LogP contribution in [0.1, 0.15) is 217 Å². The first kappa shape index (κ1) is 133. The number of ether oxygens (including phenoxy) is 9. The van der Waals surface area contributed by atoms with Crippen molar-refractivity contribution in [2.75, 3.05) is 66.1 Å². The van der Waals surface area contributed by atoms with Crippen LogP contribution in [0, 0.1) is 59.2 Å². The molecule has 0 bridgehead atoms. The summed E-state index contributed by atoms with van der Waals surface area (Å²) < 4.78 is 43.7. The minimum Gasteiger partial charge on any atom is -0.481 e. The molecule has 2 atom stereocenters. The van der Waals surface area contributed by atoms with Gasteiger partial charge in [0.1, 0.15) is 0 Å². The topological polar surface area (TPSA) is 809 Å². The second-order valence-electron chi connectivity index (χ2n) is 31.6. The molecule has 0 aliphatic carbocycles. The van der Waals surface area contributed by atoms with Crippen LogP contribution in [0.15, 0.2) is 0 Å². The molecule has 0 amide bonds. The fraction of sp³-hybridized carbons (Fsp3) is 0.763. The van der Waals surface area contributed by atoms with Crippen molar-refractivity contribution < 1.29 is 228 Å². The zero-order valence-corrected chi connectivity index (χ0v) is 73.0. The third-order valence-electron chi connectivity index (χ3n) is 13.1. The number of carboxylic acids is 9. The second-order valence-corrected chi connectivity index (χ2v) is 31.6. The Labute approximate surface area is 708 Å². The molecule has 0 heterocycles. The molecule has 0 saturated heterocycles. The van der Waals surface area contributed by atoms with Gasteiger partial charge in [0.25, 0.3) is 0 Å². The molecule has 46 heteroatoms. The summed E-state index contributed by atoms with van der Waals surface area (Å²) in [5.41, 5.74) is -15.1. The Hall–Kier alpha value is -9.94. The molecule has 22 N–H and O–H groups in total. The van der Waals surface area contributed by atoms with Gasteiger partial charge in [-0.1, -0.05) is 138 Å². The number of carboxylic acid groups (broad SMARTS) is 9. The number of aliphatic hydroxyl groups excluding tert-OH is 1. The summed E-state index contributed by atoms with van der Waals surface area (Å²) in [6.07, 6.45) is -10.8. The van der Waals surface area contributed by atoms with E-state index in [1.54, 1.807) is 41.5 Å². The quantitative estimate of drug-likeness (QED) is 0.0298. The minimum atomic E-state index is -2.74. The van der Waals surface area contributed by atoms with Gasteiger partial charge in [-0.2, -0.15) is 0 Å². The van der Waals surface area contributed by atoms with Gasteiger partial charge in [0.2, 0.25) is 0 Å². The molecule has 0 aliphatic rings. The van der Waals surface area contributed by atoms with E-state index in [2.05, 4.69) is 9.47 Å². The fourth-order valence-electron chi connectivity index (χ4n) is 7.19. The van der Waals surface area contributed by atoms with Crippen molar-refractivity contribution in [2.24, 2.45) is 59.2 Å². The molecule has 718 valence electrons. The van der Waals surface area contributed by atoms with Crippen molar-refractivity contribution in [1.29, 1.82) is 0 Å². The standard InChI is InChI=1S/C18H32O7.2C14H24O7.2C10H16O7.C6H8O7.C4H10O.3H2O.H2/c1-12(2)9-23-15(19)7-18(22,17(21)25-11-14(5)6)8-16(20)24-10-13(3)4;1-9(2)7-20-11(15)5-14(19,13(17)18)6-12(16)21-8-10(3)4;1-9(2)7-20-12(17)6-14(19,5-11(15)16)13(18)21-8-10(3)4;1-6(2)5-17-8(13)4-10(16,9(14)15)3-7(11)12;1-6(2)5-17-9(15)10(16,3-7(11)12)4-8(13)14;7-3(8)1-6(13,5(11)12)2-4(9)10;1-4(2)3-5;;;;/h12-14,22H,7-11H2,1-6H3;9-10,19H,5-8H2,1-4H3,(H,17,18);9-10,19H,5-8H2,1-4H3,(H,15,16);6,16H,3-5H2,1-2H3,(H,11,12)(H,14,15);6,16H,3-5H2,1-2H3,(H,11,12)(H,13,14);13H,1-2H2,(H,7,8)(H,9,10)(H,11,12);4-5H,3H2,1-2H3;3*1H2;1H/i;;;;;;;;;;1+1. The number of aliphatic hydroxyl groups is 7. The summed E-state index contributed by atoms with van der Waals surface area (Å²) in [5.74, 6) is -21.7. The number of rotatable bonds is 49. The highest BCUT2D eigenvalue weighted by atomic mass is 16.6. The van der Waals surface area contributed by atoms with Gasteiger partial charge in [-0.05, 0) is 59.2 Å².